The second kappa shape index (κ2) is 6.58. The predicted molar refractivity (Wildman–Crippen MR) is 96.9 cm³/mol. The van der Waals surface area contributed by atoms with Gasteiger partial charge in [0.25, 0.3) is 5.56 Å². The Balaban J connectivity index is 1.38. The molecule has 2 fully saturated rings. The molecule has 0 aromatic carbocycles. The van der Waals surface area contributed by atoms with Crippen molar-refractivity contribution in [3.8, 4) is 0 Å². The Labute approximate surface area is 148 Å². The lowest BCUT2D eigenvalue weighted by atomic mass is 9.97. The van der Waals surface area contributed by atoms with Gasteiger partial charge in [-0.15, -0.1) is 0 Å². The standard InChI is InChI=1S/C19H25N5O/c1-13-9-14(2)22-19(21-13)23-7-5-15(6-8-23)11-24-12-20-17(10-18(24)25)16-3-4-16/h9-10,12,15-16H,3-8,11H2,1-2H3. The van der Waals surface area contributed by atoms with E-state index in [2.05, 4.69) is 19.9 Å². The molecule has 0 atom stereocenters. The molecular formula is C19H25N5O. The Morgan fingerprint density at radius 3 is 2.32 bits per heavy atom. The smallest absolute Gasteiger partial charge is 0.253 e. The van der Waals surface area contributed by atoms with Crippen LogP contribution in [-0.4, -0.2) is 32.6 Å². The molecular weight excluding hydrogens is 314 g/mol. The topological polar surface area (TPSA) is 63.9 Å². The number of aryl methyl sites for hydroxylation is 2. The molecule has 0 radical (unpaired) electrons. The fourth-order valence-electron chi connectivity index (χ4n) is 3.62. The van der Waals surface area contributed by atoms with E-state index in [9.17, 15) is 4.79 Å². The summed E-state index contributed by atoms with van der Waals surface area (Å²) in [5, 5.41) is 0. The lowest BCUT2D eigenvalue weighted by molar-refractivity contribution is 0.348. The van der Waals surface area contributed by atoms with Crippen molar-refractivity contribution in [1.82, 2.24) is 19.5 Å². The van der Waals surface area contributed by atoms with E-state index in [1.807, 2.05) is 19.9 Å². The maximum Gasteiger partial charge on any atom is 0.253 e. The molecule has 2 aromatic rings. The quantitative estimate of drug-likeness (QED) is 0.856. The minimum atomic E-state index is 0.0944. The van der Waals surface area contributed by atoms with Crippen molar-refractivity contribution in [2.24, 2.45) is 5.92 Å². The van der Waals surface area contributed by atoms with Gasteiger partial charge in [-0.3, -0.25) is 9.36 Å². The highest BCUT2D eigenvalue weighted by molar-refractivity contribution is 5.32. The van der Waals surface area contributed by atoms with E-state index in [0.717, 1.165) is 55.5 Å². The molecule has 1 aliphatic carbocycles. The predicted octanol–water partition coefficient (Wildman–Crippen LogP) is 2.44. The highest BCUT2D eigenvalue weighted by Gasteiger charge is 2.26. The summed E-state index contributed by atoms with van der Waals surface area (Å²) in [5.41, 5.74) is 3.09. The van der Waals surface area contributed by atoms with Gasteiger partial charge in [0.15, 0.2) is 0 Å². The Kier molecular flexibility index (Phi) is 4.27. The number of rotatable bonds is 4. The molecule has 132 valence electrons. The zero-order chi connectivity index (χ0) is 17.4. The first-order valence-electron chi connectivity index (χ1n) is 9.22. The molecule has 3 heterocycles. The monoisotopic (exact) mass is 339 g/mol. The van der Waals surface area contributed by atoms with E-state index in [4.69, 9.17) is 0 Å². The summed E-state index contributed by atoms with van der Waals surface area (Å²) in [6.45, 7) is 6.66. The van der Waals surface area contributed by atoms with Gasteiger partial charge in [0.2, 0.25) is 5.95 Å². The van der Waals surface area contributed by atoms with Crippen molar-refractivity contribution in [1.29, 1.82) is 0 Å². The van der Waals surface area contributed by atoms with Crippen molar-refractivity contribution in [2.45, 2.75) is 52.0 Å². The molecule has 4 rings (SSSR count). The second-order valence-corrected chi connectivity index (χ2v) is 7.46. The molecule has 0 N–H and O–H groups in total. The molecule has 2 aliphatic rings. The van der Waals surface area contributed by atoms with Crippen LogP contribution < -0.4 is 10.5 Å². The summed E-state index contributed by atoms with van der Waals surface area (Å²) in [4.78, 5) is 28.2. The van der Waals surface area contributed by atoms with Crippen molar-refractivity contribution < 1.29 is 0 Å². The summed E-state index contributed by atoms with van der Waals surface area (Å²) in [6, 6.07) is 3.73. The number of nitrogens with zero attached hydrogens (tertiary/aromatic N) is 5. The zero-order valence-electron chi connectivity index (χ0n) is 15.0. The minimum absolute atomic E-state index is 0.0944. The van der Waals surface area contributed by atoms with Crippen molar-refractivity contribution in [3.63, 3.8) is 0 Å². The number of hydrogen-bond acceptors (Lipinski definition) is 5. The SMILES string of the molecule is Cc1cc(C)nc(N2CCC(Cn3cnc(C4CC4)cc3=O)CC2)n1. The number of hydrogen-bond donors (Lipinski definition) is 0. The summed E-state index contributed by atoms with van der Waals surface area (Å²) in [7, 11) is 0. The molecule has 6 nitrogen and oxygen atoms in total. The van der Waals surface area contributed by atoms with Gasteiger partial charge < -0.3 is 4.90 Å². The first kappa shape index (κ1) is 16.2. The van der Waals surface area contributed by atoms with Crippen LogP contribution in [0.1, 0.15) is 48.7 Å². The first-order chi connectivity index (χ1) is 12.1. The normalized spacial score (nSPS) is 18.6. The molecule has 0 unspecified atom stereocenters. The summed E-state index contributed by atoms with van der Waals surface area (Å²) >= 11 is 0. The molecule has 1 saturated heterocycles. The highest BCUT2D eigenvalue weighted by atomic mass is 16.1. The van der Waals surface area contributed by atoms with Crippen LogP contribution in [0.4, 0.5) is 5.95 Å². The molecule has 0 bridgehead atoms. The van der Waals surface area contributed by atoms with Crippen molar-refractivity contribution in [3.05, 3.63) is 45.9 Å². The molecule has 0 spiro atoms. The van der Waals surface area contributed by atoms with Gasteiger partial charge >= 0.3 is 0 Å². The fourth-order valence-corrected chi connectivity index (χ4v) is 3.62. The fraction of sp³-hybridized carbons (Fsp3) is 0.579. The maximum absolute atomic E-state index is 12.3. The highest BCUT2D eigenvalue weighted by Crippen LogP contribution is 2.38. The van der Waals surface area contributed by atoms with Gasteiger partial charge in [-0.25, -0.2) is 15.0 Å². The van der Waals surface area contributed by atoms with Crippen LogP contribution in [-0.2, 0) is 6.54 Å². The molecule has 6 heteroatoms. The van der Waals surface area contributed by atoms with Gasteiger partial charge in [0, 0.05) is 43.0 Å². The summed E-state index contributed by atoms with van der Waals surface area (Å²) in [5.74, 6) is 1.88. The molecule has 1 saturated carbocycles. The average Bonchev–Trinajstić information content (AvgIpc) is 3.41. The van der Waals surface area contributed by atoms with E-state index < -0.39 is 0 Å². The van der Waals surface area contributed by atoms with Crippen LogP contribution >= 0.6 is 0 Å². The Bertz CT molecular complexity index is 799. The number of anilines is 1. The van der Waals surface area contributed by atoms with Crippen molar-refractivity contribution in [2.75, 3.05) is 18.0 Å². The third-order valence-corrected chi connectivity index (χ3v) is 5.22. The Morgan fingerprint density at radius 1 is 1.04 bits per heavy atom. The molecule has 0 amide bonds. The lowest BCUT2D eigenvalue weighted by Crippen LogP contribution is -2.37. The van der Waals surface area contributed by atoms with Crippen LogP contribution in [0.2, 0.25) is 0 Å². The average molecular weight is 339 g/mol. The van der Waals surface area contributed by atoms with Crippen LogP contribution in [0.3, 0.4) is 0 Å². The van der Waals surface area contributed by atoms with Crippen LogP contribution in [0, 0.1) is 19.8 Å². The molecule has 1 aliphatic heterocycles. The van der Waals surface area contributed by atoms with E-state index in [1.54, 1.807) is 17.0 Å². The van der Waals surface area contributed by atoms with Crippen molar-refractivity contribution >= 4 is 5.95 Å². The zero-order valence-corrected chi connectivity index (χ0v) is 15.0. The number of aromatic nitrogens is 4. The van der Waals surface area contributed by atoms with Gasteiger partial charge in [0.05, 0.1) is 12.0 Å². The Morgan fingerprint density at radius 2 is 1.72 bits per heavy atom. The van der Waals surface area contributed by atoms with Gasteiger partial charge in [-0.2, -0.15) is 0 Å². The molecule has 2 aromatic heterocycles. The van der Waals surface area contributed by atoms with E-state index in [1.165, 1.54) is 12.8 Å². The van der Waals surface area contributed by atoms with E-state index >= 15 is 0 Å². The van der Waals surface area contributed by atoms with E-state index in [0.29, 0.717) is 11.8 Å². The lowest BCUT2D eigenvalue weighted by Gasteiger charge is -2.32. The number of piperidine rings is 1. The van der Waals surface area contributed by atoms with Crippen LogP contribution in [0.5, 0.6) is 0 Å². The largest absolute Gasteiger partial charge is 0.341 e. The van der Waals surface area contributed by atoms with Crippen LogP contribution in [0.15, 0.2) is 23.3 Å². The van der Waals surface area contributed by atoms with Gasteiger partial charge in [-0.05, 0) is 51.5 Å². The second-order valence-electron chi connectivity index (χ2n) is 7.46. The van der Waals surface area contributed by atoms with Crippen LogP contribution in [0.25, 0.3) is 0 Å². The van der Waals surface area contributed by atoms with Gasteiger partial charge in [-0.1, -0.05) is 0 Å². The maximum atomic E-state index is 12.3. The summed E-state index contributed by atoms with van der Waals surface area (Å²) < 4.78 is 1.78. The summed E-state index contributed by atoms with van der Waals surface area (Å²) in [6.07, 6.45) is 6.19. The first-order valence-corrected chi connectivity index (χ1v) is 9.22. The third-order valence-electron chi connectivity index (χ3n) is 5.22. The van der Waals surface area contributed by atoms with Gasteiger partial charge in [0.1, 0.15) is 0 Å². The third kappa shape index (κ3) is 3.72. The Hall–Kier alpha value is -2.24. The van der Waals surface area contributed by atoms with E-state index in [-0.39, 0.29) is 5.56 Å². The molecule has 25 heavy (non-hydrogen) atoms. The minimum Gasteiger partial charge on any atom is -0.341 e.